The van der Waals surface area contributed by atoms with Gasteiger partial charge in [-0.05, 0) is 40.9 Å². The molecule has 0 saturated carbocycles. The van der Waals surface area contributed by atoms with Gasteiger partial charge in [-0.15, -0.1) is 0 Å². The smallest absolute Gasteiger partial charge is 0.239 e. The molecule has 152 valence electrons. The van der Waals surface area contributed by atoms with Crippen LogP contribution in [0.4, 0.5) is 0 Å². The third-order valence-electron chi connectivity index (χ3n) is 5.51. The van der Waals surface area contributed by atoms with E-state index in [1.165, 1.54) is 0 Å². The summed E-state index contributed by atoms with van der Waals surface area (Å²) in [6.45, 7) is 0. The molecule has 0 aliphatic carbocycles. The first-order chi connectivity index (χ1) is 15.8. The van der Waals surface area contributed by atoms with Gasteiger partial charge < -0.3 is 0 Å². The summed E-state index contributed by atoms with van der Waals surface area (Å²) in [5.41, 5.74) is 5.04. The molecule has 0 unspecified atom stereocenters. The van der Waals surface area contributed by atoms with Crippen LogP contribution in [-0.2, 0) is 0 Å². The van der Waals surface area contributed by atoms with Gasteiger partial charge in [0.15, 0.2) is 5.82 Å². The molecule has 3 heterocycles. The van der Waals surface area contributed by atoms with Crippen molar-refractivity contribution in [3.05, 3.63) is 103 Å². The molecule has 0 aliphatic rings. The average molecular weight is 434 g/mol. The maximum Gasteiger partial charge on any atom is 0.239 e. The number of hydrogen-bond donors (Lipinski definition) is 0. The number of para-hydroxylation sites is 2. The minimum absolute atomic E-state index is 0.156. The van der Waals surface area contributed by atoms with Gasteiger partial charge in [0.05, 0.1) is 11.0 Å². The van der Waals surface area contributed by atoms with Crippen molar-refractivity contribution in [1.82, 2.24) is 24.5 Å². The molecular weight excluding hydrogens is 418 g/mol. The number of hydrogen-bond acceptors (Lipinski definition) is 4. The second-order valence-corrected chi connectivity index (χ2v) is 7.75. The van der Waals surface area contributed by atoms with Crippen molar-refractivity contribution in [1.29, 1.82) is 0 Å². The number of rotatable bonds is 3. The molecule has 3 aromatic heterocycles. The molecule has 0 fully saturated rings. The molecule has 32 heavy (non-hydrogen) atoms. The molecule has 6 heteroatoms. The summed E-state index contributed by atoms with van der Waals surface area (Å²) in [5.74, 6) is 1.02. The summed E-state index contributed by atoms with van der Waals surface area (Å²) in [6, 6.07) is 28.4. The van der Waals surface area contributed by atoms with Crippen molar-refractivity contribution in [2.75, 3.05) is 0 Å². The number of fused-ring (bicyclic) bond motifs is 3. The Bertz CT molecular complexity index is 1520. The Balaban J connectivity index is 1.50. The summed E-state index contributed by atoms with van der Waals surface area (Å²) >= 11 is 6.36. The van der Waals surface area contributed by atoms with Crippen molar-refractivity contribution in [2.24, 2.45) is 0 Å². The van der Waals surface area contributed by atoms with Crippen LogP contribution in [0.3, 0.4) is 0 Å². The second-order valence-electron chi connectivity index (χ2n) is 7.42. The van der Waals surface area contributed by atoms with Crippen molar-refractivity contribution >= 4 is 33.4 Å². The quantitative estimate of drug-likeness (QED) is 0.326. The van der Waals surface area contributed by atoms with Gasteiger partial charge in [0.25, 0.3) is 0 Å². The maximum atomic E-state index is 6.36. The van der Waals surface area contributed by atoms with E-state index < -0.39 is 0 Å². The van der Waals surface area contributed by atoms with E-state index in [9.17, 15) is 0 Å². The molecule has 0 N–H and O–H groups in total. The first kappa shape index (κ1) is 18.7. The summed E-state index contributed by atoms with van der Waals surface area (Å²) in [4.78, 5) is 17.8. The largest absolute Gasteiger partial charge is 0.278 e. The lowest BCUT2D eigenvalue weighted by Gasteiger charge is -2.09. The molecule has 0 aliphatic heterocycles. The van der Waals surface area contributed by atoms with Crippen LogP contribution in [0.25, 0.3) is 50.3 Å². The predicted octanol–water partition coefficient (Wildman–Crippen LogP) is 6.35. The van der Waals surface area contributed by atoms with Crippen LogP contribution in [0.2, 0.25) is 5.28 Å². The molecule has 3 aromatic carbocycles. The second kappa shape index (κ2) is 7.55. The lowest BCUT2D eigenvalue weighted by molar-refractivity contribution is 0.947. The number of halogens is 1. The SMILES string of the molecule is Clc1nc(-c2ccc(-c3cccnc3)cc2)nc(-n2c3ccccc3c3ccccc32)n1. The fourth-order valence-corrected chi connectivity index (χ4v) is 4.21. The van der Waals surface area contributed by atoms with Gasteiger partial charge in [0.1, 0.15) is 0 Å². The maximum absolute atomic E-state index is 6.36. The first-order valence-corrected chi connectivity index (χ1v) is 10.6. The molecule has 6 rings (SSSR count). The van der Waals surface area contributed by atoms with Crippen LogP contribution in [0.15, 0.2) is 97.3 Å². The van der Waals surface area contributed by atoms with Gasteiger partial charge in [-0.3, -0.25) is 9.55 Å². The highest BCUT2D eigenvalue weighted by molar-refractivity contribution is 6.28. The van der Waals surface area contributed by atoms with Gasteiger partial charge in [-0.1, -0.05) is 66.7 Å². The average Bonchev–Trinajstić information content (AvgIpc) is 3.19. The van der Waals surface area contributed by atoms with E-state index in [-0.39, 0.29) is 5.28 Å². The zero-order chi connectivity index (χ0) is 21.5. The van der Waals surface area contributed by atoms with E-state index in [0.717, 1.165) is 38.5 Å². The van der Waals surface area contributed by atoms with E-state index >= 15 is 0 Å². The predicted molar refractivity (Wildman–Crippen MR) is 128 cm³/mol. The molecule has 0 bridgehead atoms. The minimum atomic E-state index is 0.156. The van der Waals surface area contributed by atoms with Gasteiger partial charge in [0, 0.05) is 28.7 Å². The van der Waals surface area contributed by atoms with E-state index in [2.05, 4.69) is 39.2 Å². The fourth-order valence-electron chi connectivity index (χ4n) is 4.05. The Morgan fingerprint density at radius 1 is 0.594 bits per heavy atom. The van der Waals surface area contributed by atoms with E-state index in [4.69, 9.17) is 16.6 Å². The van der Waals surface area contributed by atoms with Crippen LogP contribution in [0, 0.1) is 0 Å². The summed E-state index contributed by atoms with van der Waals surface area (Å²) in [7, 11) is 0. The Kier molecular flexibility index (Phi) is 4.40. The Labute approximate surface area is 189 Å². The number of aromatic nitrogens is 5. The first-order valence-electron chi connectivity index (χ1n) is 10.2. The molecule has 0 saturated heterocycles. The molecular formula is C26H16ClN5. The Morgan fingerprint density at radius 2 is 1.25 bits per heavy atom. The monoisotopic (exact) mass is 433 g/mol. The van der Waals surface area contributed by atoms with Gasteiger partial charge in [-0.2, -0.15) is 15.0 Å². The zero-order valence-corrected chi connectivity index (χ0v) is 17.6. The van der Waals surface area contributed by atoms with Gasteiger partial charge in [0.2, 0.25) is 11.2 Å². The number of pyridine rings is 1. The highest BCUT2D eigenvalue weighted by atomic mass is 35.5. The molecule has 0 radical (unpaired) electrons. The zero-order valence-electron chi connectivity index (χ0n) is 16.9. The summed E-state index contributed by atoms with van der Waals surface area (Å²) in [6.07, 6.45) is 3.61. The molecule has 0 atom stereocenters. The molecule has 0 spiro atoms. The lowest BCUT2D eigenvalue weighted by atomic mass is 10.1. The van der Waals surface area contributed by atoms with Crippen molar-refractivity contribution < 1.29 is 0 Å². The minimum Gasteiger partial charge on any atom is -0.278 e. The van der Waals surface area contributed by atoms with Crippen LogP contribution in [-0.4, -0.2) is 24.5 Å². The third kappa shape index (κ3) is 3.11. The van der Waals surface area contributed by atoms with E-state index in [1.807, 2.05) is 71.4 Å². The normalized spacial score (nSPS) is 11.3. The summed E-state index contributed by atoms with van der Waals surface area (Å²) < 4.78 is 2.03. The molecule has 6 aromatic rings. The van der Waals surface area contributed by atoms with Crippen molar-refractivity contribution in [3.63, 3.8) is 0 Å². The third-order valence-corrected chi connectivity index (χ3v) is 5.68. The van der Waals surface area contributed by atoms with Crippen molar-refractivity contribution in [3.8, 4) is 28.5 Å². The Hall–Kier alpha value is -4.09. The Morgan fingerprint density at radius 3 is 1.91 bits per heavy atom. The number of benzene rings is 3. The standard InChI is InChI=1S/C26H16ClN5/c27-25-29-24(18-13-11-17(12-14-18)19-6-5-15-28-16-19)30-26(31-25)32-22-9-3-1-7-20(22)21-8-2-4-10-23(21)32/h1-16H. The fraction of sp³-hybridized carbons (Fsp3) is 0. The topological polar surface area (TPSA) is 56.5 Å². The van der Waals surface area contributed by atoms with E-state index in [0.29, 0.717) is 11.8 Å². The van der Waals surface area contributed by atoms with Crippen molar-refractivity contribution in [2.45, 2.75) is 0 Å². The number of nitrogens with zero attached hydrogens (tertiary/aromatic N) is 5. The van der Waals surface area contributed by atoms with Crippen LogP contribution in [0.5, 0.6) is 0 Å². The van der Waals surface area contributed by atoms with Crippen LogP contribution < -0.4 is 0 Å². The van der Waals surface area contributed by atoms with Crippen LogP contribution in [0.1, 0.15) is 0 Å². The molecule has 0 amide bonds. The molecule has 5 nitrogen and oxygen atoms in total. The highest BCUT2D eigenvalue weighted by Crippen LogP contribution is 2.31. The summed E-state index contributed by atoms with van der Waals surface area (Å²) in [5, 5.41) is 2.44. The van der Waals surface area contributed by atoms with Gasteiger partial charge >= 0.3 is 0 Å². The van der Waals surface area contributed by atoms with Crippen LogP contribution >= 0.6 is 11.6 Å². The van der Waals surface area contributed by atoms with E-state index in [1.54, 1.807) is 6.20 Å². The highest BCUT2D eigenvalue weighted by Gasteiger charge is 2.16. The lowest BCUT2D eigenvalue weighted by Crippen LogP contribution is -2.04. The van der Waals surface area contributed by atoms with Gasteiger partial charge in [-0.25, -0.2) is 0 Å².